The molecule has 3 nitrogen and oxygen atoms in total. The topological polar surface area (TPSA) is 34.9 Å². The molecule has 0 N–H and O–H groups in total. The van der Waals surface area contributed by atoms with Gasteiger partial charge in [0.05, 0.1) is 23.2 Å². The number of carbonyl (C=O) groups is 1. The minimum absolute atomic E-state index is 0.267. The molecule has 0 bridgehead atoms. The molecule has 4 heteroatoms. The van der Waals surface area contributed by atoms with Gasteiger partial charge in [-0.3, -0.25) is 4.79 Å². The van der Waals surface area contributed by atoms with Gasteiger partial charge in [0.25, 0.3) is 0 Å². The number of benzene rings is 1. The fraction of sp³-hybridized carbons (Fsp3) is 0.467. The number of imidazole rings is 1. The van der Waals surface area contributed by atoms with E-state index in [9.17, 15) is 4.79 Å². The number of thioether (sulfide) groups is 1. The van der Waals surface area contributed by atoms with Crippen molar-refractivity contribution in [2.24, 2.45) is 0 Å². The van der Waals surface area contributed by atoms with Crippen molar-refractivity contribution in [2.75, 3.05) is 11.5 Å². The molecule has 0 saturated heterocycles. The summed E-state index contributed by atoms with van der Waals surface area (Å²) in [6.45, 7) is 5.08. The van der Waals surface area contributed by atoms with Gasteiger partial charge in [0.15, 0.2) is 0 Å². The number of para-hydroxylation sites is 2. The number of carbonyl (C=O) groups excluding carboxylic acids is 1. The molecule has 0 aliphatic heterocycles. The first-order chi connectivity index (χ1) is 9.26. The molecule has 0 amide bonds. The van der Waals surface area contributed by atoms with E-state index < -0.39 is 0 Å². The number of aryl methyl sites for hydroxylation is 1. The SMILES string of the molecule is CCCSCC(=O)Cc1nc2ccccc2n1CC. The number of ketones is 1. The van der Waals surface area contributed by atoms with Crippen LogP contribution in [-0.4, -0.2) is 26.8 Å². The largest absolute Gasteiger partial charge is 0.328 e. The highest BCUT2D eigenvalue weighted by Gasteiger charge is 2.12. The fourth-order valence-electron chi connectivity index (χ4n) is 2.17. The summed E-state index contributed by atoms with van der Waals surface area (Å²) in [5.74, 6) is 2.81. The monoisotopic (exact) mass is 276 g/mol. The lowest BCUT2D eigenvalue weighted by atomic mass is 10.3. The maximum absolute atomic E-state index is 12.0. The molecule has 0 saturated carbocycles. The van der Waals surface area contributed by atoms with Crippen LogP contribution >= 0.6 is 11.8 Å². The van der Waals surface area contributed by atoms with Crippen LogP contribution in [0, 0.1) is 0 Å². The minimum Gasteiger partial charge on any atom is -0.328 e. The first-order valence-corrected chi connectivity index (χ1v) is 7.95. The standard InChI is InChI=1S/C15H20N2OS/c1-3-9-19-11-12(18)10-15-16-13-7-5-6-8-14(13)17(15)4-2/h5-8H,3-4,9-11H2,1-2H3. The summed E-state index contributed by atoms with van der Waals surface area (Å²) < 4.78 is 2.14. The molecule has 0 spiro atoms. The zero-order valence-corrected chi connectivity index (χ0v) is 12.4. The molecule has 102 valence electrons. The number of fused-ring (bicyclic) bond motifs is 1. The molecule has 1 aromatic carbocycles. The highest BCUT2D eigenvalue weighted by atomic mass is 32.2. The van der Waals surface area contributed by atoms with Crippen LogP contribution < -0.4 is 0 Å². The van der Waals surface area contributed by atoms with E-state index >= 15 is 0 Å². The molecule has 2 aromatic rings. The third-order valence-corrected chi connectivity index (χ3v) is 4.24. The Labute approximate surface area is 118 Å². The number of Topliss-reactive ketones (excluding diaryl/α,β-unsaturated/α-hetero) is 1. The molecular formula is C15H20N2OS. The Morgan fingerprint density at radius 3 is 2.84 bits per heavy atom. The van der Waals surface area contributed by atoms with E-state index in [0.717, 1.165) is 35.6 Å². The first kappa shape index (κ1) is 14.1. The fourth-order valence-corrected chi connectivity index (χ4v) is 2.93. The Balaban J connectivity index is 2.13. The van der Waals surface area contributed by atoms with Crippen molar-refractivity contribution in [1.29, 1.82) is 0 Å². The Morgan fingerprint density at radius 2 is 2.11 bits per heavy atom. The molecular weight excluding hydrogens is 256 g/mol. The second kappa shape index (κ2) is 6.75. The maximum Gasteiger partial charge on any atom is 0.150 e. The first-order valence-electron chi connectivity index (χ1n) is 6.79. The van der Waals surface area contributed by atoms with E-state index in [1.165, 1.54) is 0 Å². The van der Waals surface area contributed by atoms with Crippen LogP contribution in [0.15, 0.2) is 24.3 Å². The second-order valence-corrected chi connectivity index (χ2v) is 5.63. The van der Waals surface area contributed by atoms with Gasteiger partial charge in [-0.25, -0.2) is 4.98 Å². The predicted molar refractivity (Wildman–Crippen MR) is 81.7 cm³/mol. The summed E-state index contributed by atoms with van der Waals surface area (Å²) in [4.78, 5) is 16.5. The molecule has 0 unspecified atom stereocenters. The number of hydrogen-bond donors (Lipinski definition) is 0. The zero-order chi connectivity index (χ0) is 13.7. The normalized spacial score (nSPS) is 11.1. The van der Waals surface area contributed by atoms with E-state index in [0.29, 0.717) is 12.2 Å². The molecule has 0 fully saturated rings. The van der Waals surface area contributed by atoms with Crippen LogP contribution in [0.25, 0.3) is 11.0 Å². The lowest BCUT2D eigenvalue weighted by Gasteiger charge is -2.05. The van der Waals surface area contributed by atoms with Crippen molar-refractivity contribution < 1.29 is 4.79 Å². The third-order valence-electron chi connectivity index (χ3n) is 3.02. The van der Waals surface area contributed by atoms with Crippen LogP contribution in [0.1, 0.15) is 26.1 Å². The van der Waals surface area contributed by atoms with E-state index in [1.54, 1.807) is 11.8 Å². The molecule has 2 rings (SSSR count). The Bertz CT molecular complexity index is 562. The third kappa shape index (κ3) is 3.38. The van der Waals surface area contributed by atoms with E-state index in [2.05, 4.69) is 29.5 Å². The number of rotatable bonds is 7. The molecule has 0 atom stereocenters. The number of nitrogens with zero attached hydrogens (tertiary/aromatic N) is 2. The van der Waals surface area contributed by atoms with Crippen molar-refractivity contribution in [1.82, 2.24) is 9.55 Å². The molecule has 0 aliphatic rings. The van der Waals surface area contributed by atoms with Crippen LogP contribution in [0.2, 0.25) is 0 Å². The van der Waals surface area contributed by atoms with Crippen molar-refractivity contribution in [3.63, 3.8) is 0 Å². The molecule has 19 heavy (non-hydrogen) atoms. The minimum atomic E-state index is 0.267. The van der Waals surface area contributed by atoms with E-state index in [1.807, 2.05) is 18.2 Å². The van der Waals surface area contributed by atoms with Gasteiger partial charge in [-0.15, -0.1) is 0 Å². The summed E-state index contributed by atoms with van der Waals surface area (Å²) in [7, 11) is 0. The molecule has 0 radical (unpaired) electrons. The van der Waals surface area contributed by atoms with Crippen LogP contribution in [-0.2, 0) is 17.8 Å². The lowest BCUT2D eigenvalue weighted by molar-refractivity contribution is -0.116. The smallest absolute Gasteiger partial charge is 0.150 e. The van der Waals surface area contributed by atoms with Crippen molar-refractivity contribution in [2.45, 2.75) is 33.2 Å². The van der Waals surface area contributed by atoms with Crippen molar-refractivity contribution in [3.8, 4) is 0 Å². The van der Waals surface area contributed by atoms with Gasteiger partial charge in [-0.05, 0) is 31.2 Å². The summed E-state index contributed by atoms with van der Waals surface area (Å²) in [5.41, 5.74) is 2.10. The van der Waals surface area contributed by atoms with Gasteiger partial charge >= 0.3 is 0 Å². The van der Waals surface area contributed by atoms with Gasteiger partial charge in [-0.2, -0.15) is 11.8 Å². The number of aromatic nitrogens is 2. The van der Waals surface area contributed by atoms with Gasteiger partial charge < -0.3 is 4.57 Å². The quantitative estimate of drug-likeness (QED) is 0.728. The Hall–Kier alpha value is -1.29. The van der Waals surface area contributed by atoms with Crippen molar-refractivity contribution in [3.05, 3.63) is 30.1 Å². The molecule has 0 aliphatic carbocycles. The van der Waals surface area contributed by atoms with Crippen LogP contribution in [0.3, 0.4) is 0 Å². The van der Waals surface area contributed by atoms with Gasteiger partial charge in [0.2, 0.25) is 0 Å². The zero-order valence-electron chi connectivity index (χ0n) is 11.6. The summed E-state index contributed by atoms with van der Waals surface area (Å²) >= 11 is 1.71. The van der Waals surface area contributed by atoms with Gasteiger partial charge in [0, 0.05) is 6.54 Å². The van der Waals surface area contributed by atoms with E-state index in [-0.39, 0.29) is 5.78 Å². The lowest BCUT2D eigenvalue weighted by Crippen LogP contribution is -2.11. The highest BCUT2D eigenvalue weighted by Crippen LogP contribution is 2.17. The van der Waals surface area contributed by atoms with Gasteiger partial charge in [-0.1, -0.05) is 19.1 Å². The van der Waals surface area contributed by atoms with Crippen molar-refractivity contribution >= 4 is 28.6 Å². The second-order valence-electron chi connectivity index (χ2n) is 4.53. The summed E-state index contributed by atoms with van der Waals surface area (Å²) in [5, 5.41) is 0. The molecule has 1 aromatic heterocycles. The molecule has 1 heterocycles. The maximum atomic E-state index is 12.0. The average molecular weight is 276 g/mol. The van der Waals surface area contributed by atoms with Crippen LogP contribution in [0.5, 0.6) is 0 Å². The Morgan fingerprint density at radius 1 is 1.32 bits per heavy atom. The number of hydrogen-bond acceptors (Lipinski definition) is 3. The summed E-state index contributed by atoms with van der Waals surface area (Å²) in [6.07, 6.45) is 1.56. The predicted octanol–water partition coefficient (Wildman–Crippen LogP) is 3.31. The van der Waals surface area contributed by atoms with Crippen LogP contribution in [0.4, 0.5) is 0 Å². The average Bonchev–Trinajstić information content (AvgIpc) is 2.76. The Kier molecular flexibility index (Phi) is 5.02. The summed E-state index contributed by atoms with van der Waals surface area (Å²) in [6, 6.07) is 8.06. The highest BCUT2D eigenvalue weighted by molar-refractivity contribution is 7.99. The van der Waals surface area contributed by atoms with Gasteiger partial charge in [0.1, 0.15) is 11.6 Å². The van der Waals surface area contributed by atoms with E-state index in [4.69, 9.17) is 0 Å².